The number of nitrogens with one attached hydrogen (secondary N) is 2. The Bertz CT molecular complexity index is 222. The molecule has 0 bridgehead atoms. The molecule has 2 N–H and O–H groups in total. The highest BCUT2D eigenvalue weighted by molar-refractivity contribution is 5.74. The molecular weight excluding hydrogens is 202 g/mol. The Morgan fingerprint density at radius 3 is 2.62 bits per heavy atom. The van der Waals surface area contributed by atoms with Crippen molar-refractivity contribution in [2.24, 2.45) is 0 Å². The zero-order valence-corrected chi connectivity index (χ0v) is 10.0. The van der Waals surface area contributed by atoms with Gasteiger partial charge in [-0.1, -0.05) is 0 Å². The molecule has 16 heavy (non-hydrogen) atoms. The number of hydrogen-bond donors (Lipinski definition) is 2. The fourth-order valence-corrected chi connectivity index (χ4v) is 2.13. The summed E-state index contributed by atoms with van der Waals surface area (Å²) in [6, 6.07) is 0.480. The predicted molar refractivity (Wildman–Crippen MR) is 64.5 cm³/mol. The standard InChI is InChI=1S/C12H23N3O/c16-12(14-11-5-6-11)13-7-1-2-8-15-9-3-4-10-15/h11H,1-10H2,(H2,13,14,16). The van der Waals surface area contributed by atoms with Crippen molar-refractivity contribution in [1.29, 1.82) is 0 Å². The van der Waals surface area contributed by atoms with Crippen LogP contribution in [0.2, 0.25) is 0 Å². The van der Waals surface area contributed by atoms with Crippen LogP contribution in [0.15, 0.2) is 0 Å². The molecule has 1 aliphatic carbocycles. The second kappa shape index (κ2) is 6.09. The Labute approximate surface area is 97.8 Å². The average molecular weight is 225 g/mol. The zero-order valence-electron chi connectivity index (χ0n) is 10.0. The van der Waals surface area contributed by atoms with E-state index in [1.807, 2.05) is 0 Å². The van der Waals surface area contributed by atoms with Gasteiger partial charge in [-0.3, -0.25) is 0 Å². The number of rotatable bonds is 6. The molecule has 92 valence electrons. The monoisotopic (exact) mass is 225 g/mol. The molecule has 4 nitrogen and oxygen atoms in total. The first kappa shape index (κ1) is 11.7. The minimum Gasteiger partial charge on any atom is -0.338 e. The second-order valence-corrected chi connectivity index (χ2v) is 4.93. The molecule has 2 amide bonds. The van der Waals surface area contributed by atoms with E-state index in [4.69, 9.17) is 0 Å². The third-order valence-corrected chi connectivity index (χ3v) is 3.30. The average Bonchev–Trinajstić information content (AvgIpc) is 2.93. The SMILES string of the molecule is O=C(NCCCCN1CCCC1)NC1CC1. The molecule has 0 aromatic carbocycles. The van der Waals surface area contributed by atoms with E-state index in [2.05, 4.69) is 15.5 Å². The van der Waals surface area contributed by atoms with Gasteiger partial charge < -0.3 is 15.5 Å². The first-order chi connectivity index (χ1) is 7.84. The largest absolute Gasteiger partial charge is 0.338 e. The molecule has 2 fully saturated rings. The summed E-state index contributed by atoms with van der Waals surface area (Å²) in [6.07, 6.45) is 7.33. The van der Waals surface area contributed by atoms with Crippen molar-refractivity contribution in [2.45, 2.75) is 44.6 Å². The number of hydrogen-bond acceptors (Lipinski definition) is 2. The summed E-state index contributed by atoms with van der Waals surface area (Å²) in [6.45, 7) is 4.56. The highest BCUT2D eigenvalue weighted by Gasteiger charge is 2.22. The Hall–Kier alpha value is -0.770. The van der Waals surface area contributed by atoms with Crippen LogP contribution in [-0.4, -0.2) is 43.2 Å². The molecule has 0 unspecified atom stereocenters. The summed E-state index contributed by atoms with van der Waals surface area (Å²) in [5, 5.41) is 5.84. The van der Waals surface area contributed by atoms with Crippen LogP contribution in [0.25, 0.3) is 0 Å². The normalized spacial score (nSPS) is 21.0. The summed E-state index contributed by atoms with van der Waals surface area (Å²) < 4.78 is 0. The zero-order chi connectivity index (χ0) is 11.2. The van der Waals surface area contributed by atoms with Crippen LogP contribution in [0.3, 0.4) is 0 Å². The van der Waals surface area contributed by atoms with Gasteiger partial charge >= 0.3 is 6.03 Å². The van der Waals surface area contributed by atoms with Gasteiger partial charge in [-0.15, -0.1) is 0 Å². The van der Waals surface area contributed by atoms with Crippen molar-refractivity contribution >= 4 is 6.03 Å². The molecule has 0 aromatic heterocycles. The third kappa shape index (κ3) is 4.39. The highest BCUT2D eigenvalue weighted by Crippen LogP contribution is 2.18. The van der Waals surface area contributed by atoms with Gasteiger partial charge in [-0.2, -0.15) is 0 Å². The molecule has 0 aromatic rings. The summed E-state index contributed by atoms with van der Waals surface area (Å²) in [4.78, 5) is 13.8. The maximum atomic E-state index is 11.3. The quantitative estimate of drug-likeness (QED) is 0.670. The van der Waals surface area contributed by atoms with Crippen LogP contribution in [0, 0.1) is 0 Å². The highest BCUT2D eigenvalue weighted by atomic mass is 16.2. The lowest BCUT2D eigenvalue weighted by Gasteiger charge is -2.14. The Balaban J connectivity index is 1.40. The molecule has 2 aliphatic rings. The lowest BCUT2D eigenvalue weighted by Crippen LogP contribution is -2.37. The molecule has 1 aliphatic heterocycles. The van der Waals surface area contributed by atoms with E-state index in [0.29, 0.717) is 6.04 Å². The van der Waals surface area contributed by atoms with E-state index in [-0.39, 0.29) is 6.03 Å². The summed E-state index contributed by atoms with van der Waals surface area (Å²) >= 11 is 0. The Kier molecular flexibility index (Phi) is 4.45. The van der Waals surface area contributed by atoms with Gasteiger partial charge in [0.1, 0.15) is 0 Å². The maximum absolute atomic E-state index is 11.3. The lowest BCUT2D eigenvalue weighted by atomic mass is 10.3. The van der Waals surface area contributed by atoms with E-state index < -0.39 is 0 Å². The second-order valence-electron chi connectivity index (χ2n) is 4.93. The minimum absolute atomic E-state index is 0.0173. The van der Waals surface area contributed by atoms with Gasteiger partial charge in [-0.25, -0.2) is 4.79 Å². The third-order valence-electron chi connectivity index (χ3n) is 3.30. The van der Waals surface area contributed by atoms with E-state index in [0.717, 1.165) is 25.8 Å². The molecule has 0 radical (unpaired) electrons. The van der Waals surface area contributed by atoms with Crippen LogP contribution >= 0.6 is 0 Å². The minimum atomic E-state index is 0.0173. The van der Waals surface area contributed by atoms with Crippen molar-refractivity contribution in [2.75, 3.05) is 26.2 Å². The number of likely N-dealkylation sites (tertiary alicyclic amines) is 1. The van der Waals surface area contributed by atoms with Crippen LogP contribution < -0.4 is 10.6 Å². The summed E-state index contributed by atoms with van der Waals surface area (Å²) in [5.74, 6) is 0. The topological polar surface area (TPSA) is 44.4 Å². The maximum Gasteiger partial charge on any atom is 0.315 e. The smallest absolute Gasteiger partial charge is 0.315 e. The van der Waals surface area contributed by atoms with Crippen molar-refractivity contribution < 1.29 is 4.79 Å². The molecule has 1 saturated carbocycles. The number of amides is 2. The first-order valence-corrected chi connectivity index (χ1v) is 6.61. The van der Waals surface area contributed by atoms with Gasteiger partial charge in [0, 0.05) is 12.6 Å². The van der Waals surface area contributed by atoms with Gasteiger partial charge in [0.2, 0.25) is 0 Å². The number of urea groups is 1. The lowest BCUT2D eigenvalue weighted by molar-refractivity contribution is 0.240. The van der Waals surface area contributed by atoms with E-state index in [9.17, 15) is 4.79 Å². The van der Waals surface area contributed by atoms with Crippen LogP contribution in [-0.2, 0) is 0 Å². The fraction of sp³-hybridized carbons (Fsp3) is 0.917. The van der Waals surface area contributed by atoms with Crippen LogP contribution in [0.1, 0.15) is 38.5 Å². The van der Waals surface area contributed by atoms with Crippen molar-refractivity contribution in [1.82, 2.24) is 15.5 Å². The fourth-order valence-electron chi connectivity index (χ4n) is 2.13. The Morgan fingerprint density at radius 2 is 1.94 bits per heavy atom. The van der Waals surface area contributed by atoms with E-state index in [1.165, 1.54) is 38.9 Å². The molecule has 0 atom stereocenters. The van der Waals surface area contributed by atoms with Crippen molar-refractivity contribution in [3.63, 3.8) is 0 Å². The van der Waals surface area contributed by atoms with E-state index in [1.54, 1.807) is 0 Å². The molecule has 1 heterocycles. The van der Waals surface area contributed by atoms with Gasteiger partial charge in [-0.05, 0) is 58.2 Å². The van der Waals surface area contributed by atoms with Gasteiger partial charge in [0.15, 0.2) is 0 Å². The first-order valence-electron chi connectivity index (χ1n) is 6.61. The number of unbranched alkanes of at least 4 members (excludes halogenated alkanes) is 1. The molecule has 2 rings (SSSR count). The van der Waals surface area contributed by atoms with Gasteiger partial charge in [0.05, 0.1) is 0 Å². The van der Waals surface area contributed by atoms with Crippen LogP contribution in [0.4, 0.5) is 4.79 Å². The van der Waals surface area contributed by atoms with Gasteiger partial charge in [0.25, 0.3) is 0 Å². The Morgan fingerprint density at radius 1 is 1.19 bits per heavy atom. The predicted octanol–water partition coefficient (Wildman–Crippen LogP) is 1.32. The molecule has 0 spiro atoms. The molecule has 4 heteroatoms. The summed E-state index contributed by atoms with van der Waals surface area (Å²) in [7, 11) is 0. The molecular formula is C12H23N3O. The number of carbonyl (C=O) groups is 1. The van der Waals surface area contributed by atoms with Crippen molar-refractivity contribution in [3.8, 4) is 0 Å². The van der Waals surface area contributed by atoms with Crippen molar-refractivity contribution in [3.05, 3.63) is 0 Å². The van der Waals surface area contributed by atoms with Crippen LogP contribution in [0.5, 0.6) is 0 Å². The molecule has 1 saturated heterocycles. The van der Waals surface area contributed by atoms with E-state index >= 15 is 0 Å². The summed E-state index contributed by atoms with van der Waals surface area (Å²) in [5.41, 5.74) is 0. The number of nitrogens with zero attached hydrogens (tertiary/aromatic N) is 1. The number of carbonyl (C=O) groups excluding carboxylic acids is 1.